The van der Waals surface area contributed by atoms with Crippen molar-refractivity contribution in [2.75, 3.05) is 20.3 Å². The lowest BCUT2D eigenvalue weighted by molar-refractivity contribution is -0.143. The molecule has 0 fully saturated rings. The predicted molar refractivity (Wildman–Crippen MR) is 122 cm³/mol. The summed E-state index contributed by atoms with van der Waals surface area (Å²) in [5.41, 5.74) is 0.895. The summed E-state index contributed by atoms with van der Waals surface area (Å²) in [6, 6.07) is 13.8. The van der Waals surface area contributed by atoms with Gasteiger partial charge in [-0.15, -0.1) is 0 Å². The van der Waals surface area contributed by atoms with E-state index in [4.69, 9.17) is 21.1 Å². The summed E-state index contributed by atoms with van der Waals surface area (Å²) in [6.07, 6.45) is 2.37. The van der Waals surface area contributed by atoms with Crippen molar-refractivity contribution in [3.63, 3.8) is 0 Å². The highest BCUT2D eigenvalue weighted by atomic mass is 35.5. The standard InChI is InChI=1S/C24H31ClN2O4/c1-4-6-15-26-24(29)21(5-2)27(16-18-11-13-19(30-3)14-12-18)23(28)17-31-22-10-8-7-9-20(22)25/h7-14,21H,4-6,15-17H2,1-3H3,(H,26,29)/t21-/m0/s1. The second-order valence-electron chi connectivity index (χ2n) is 7.16. The normalized spacial score (nSPS) is 11.5. The maximum atomic E-state index is 13.1. The van der Waals surface area contributed by atoms with Crippen LogP contribution in [0.15, 0.2) is 48.5 Å². The minimum absolute atomic E-state index is 0.157. The highest BCUT2D eigenvalue weighted by Crippen LogP contribution is 2.23. The Balaban J connectivity index is 2.18. The summed E-state index contributed by atoms with van der Waals surface area (Å²) in [5.74, 6) is 0.721. The molecule has 0 aliphatic carbocycles. The van der Waals surface area contributed by atoms with Gasteiger partial charge in [-0.25, -0.2) is 0 Å². The lowest BCUT2D eigenvalue weighted by atomic mass is 10.1. The van der Waals surface area contributed by atoms with Crippen molar-refractivity contribution in [1.29, 1.82) is 0 Å². The summed E-state index contributed by atoms with van der Waals surface area (Å²) in [4.78, 5) is 27.5. The summed E-state index contributed by atoms with van der Waals surface area (Å²) in [6.45, 7) is 4.63. The number of para-hydroxylation sites is 1. The SMILES string of the molecule is CCCCNC(=O)[C@H](CC)N(Cc1ccc(OC)cc1)C(=O)COc1ccccc1Cl. The Hall–Kier alpha value is -2.73. The number of nitrogens with one attached hydrogen (secondary N) is 1. The third-order valence-electron chi connectivity index (χ3n) is 4.92. The van der Waals surface area contributed by atoms with Crippen molar-refractivity contribution in [2.24, 2.45) is 0 Å². The molecule has 0 aromatic heterocycles. The number of amides is 2. The van der Waals surface area contributed by atoms with Crippen molar-refractivity contribution < 1.29 is 19.1 Å². The van der Waals surface area contributed by atoms with Gasteiger partial charge in [-0.2, -0.15) is 0 Å². The minimum Gasteiger partial charge on any atom is -0.497 e. The monoisotopic (exact) mass is 446 g/mol. The molecule has 1 atom stereocenters. The molecule has 2 aromatic rings. The van der Waals surface area contributed by atoms with Crippen molar-refractivity contribution in [1.82, 2.24) is 10.2 Å². The van der Waals surface area contributed by atoms with Crippen molar-refractivity contribution in [3.05, 3.63) is 59.1 Å². The van der Waals surface area contributed by atoms with Crippen LogP contribution in [0, 0.1) is 0 Å². The average Bonchev–Trinajstić information content (AvgIpc) is 2.78. The number of hydrogen-bond acceptors (Lipinski definition) is 4. The Morgan fingerprint density at radius 3 is 2.42 bits per heavy atom. The Kier molecular flexibility index (Phi) is 10.2. The molecule has 1 N–H and O–H groups in total. The Morgan fingerprint density at radius 1 is 1.10 bits per heavy atom. The van der Waals surface area contributed by atoms with Gasteiger partial charge in [0.2, 0.25) is 5.91 Å². The molecule has 0 aliphatic rings. The highest BCUT2D eigenvalue weighted by molar-refractivity contribution is 6.32. The van der Waals surface area contributed by atoms with Gasteiger partial charge in [0.25, 0.3) is 5.91 Å². The molecule has 2 aromatic carbocycles. The zero-order chi connectivity index (χ0) is 22.6. The molecule has 7 heteroatoms. The first-order chi connectivity index (χ1) is 15.0. The molecule has 0 radical (unpaired) electrons. The van der Waals surface area contributed by atoms with Crippen LogP contribution >= 0.6 is 11.6 Å². The molecule has 0 saturated carbocycles. The molecule has 6 nitrogen and oxygen atoms in total. The second-order valence-corrected chi connectivity index (χ2v) is 7.56. The van der Waals surface area contributed by atoms with Crippen LogP contribution in [0.5, 0.6) is 11.5 Å². The highest BCUT2D eigenvalue weighted by Gasteiger charge is 2.29. The van der Waals surface area contributed by atoms with E-state index in [1.54, 1.807) is 36.3 Å². The largest absolute Gasteiger partial charge is 0.497 e. The van der Waals surface area contributed by atoms with Gasteiger partial charge in [-0.3, -0.25) is 9.59 Å². The fraction of sp³-hybridized carbons (Fsp3) is 0.417. The summed E-state index contributed by atoms with van der Waals surface area (Å²) in [7, 11) is 1.60. The zero-order valence-corrected chi connectivity index (χ0v) is 19.2. The number of methoxy groups -OCH3 is 1. The van der Waals surface area contributed by atoms with E-state index in [2.05, 4.69) is 12.2 Å². The molecule has 31 heavy (non-hydrogen) atoms. The lowest BCUT2D eigenvalue weighted by Gasteiger charge is -2.30. The predicted octanol–water partition coefficient (Wildman–Crippen LogP) is 4.45. The molecule has 2 rings (SSSR count). The van der Waals surface area contributed by atoms with Crippen LogP contribution in [0.25, 0.3) is 0 Å². The van der Waals surface area contributed by atoms with Crippen LogP contribution in [0.2, 0.25) is 5.02 Å². The molecule has 0 spiro atoms. The molecule has 2 amide bonds. The van der Waals surface area contributed by atoms with E-state index >= 15 is 0 Å². The fourth-order valence-electron chi connectivity index (χ4n) is 3.14. The third kappa shape index (κ3) is 7.47. The number of benzene rings is 2. The summed E-state index contributed by atoms with van der Waals surface area (Å²) >= 11 is 6.13. The van der Waals surface area contributed by atoms with Gasteiger partial charge in [0, 0.05) is 13.1 Å². The van der Waals surface area contributed by atoms with Crippen LogP contribution in [0.1, 0.15) is 38.7 Å². The second kappa shape index (κ2) is 12.8. The van der Waals surface area contributed by atoms with Gasteiger partial charge in [0.15, 0.2) is 6.61 Å². The maximum absolute atomic E-state index is 13.1. The molecule has 0 heterocycles. The first-order valence-corrected chi connectivity index (χ1v) is 10.9. The number of halogens is 1. The van der Waals surface area contributed by atoms with E-state index in [0.29, 0.717) is 23.7 Å². The third-order valence-corrected chi connectivity index (χ3v) is 5.23. The quantitative estimate of drug-likeness (QED) is 0.489. The summed E-state index contributed by atoms with van der Waals surface area (Å²) < 4.78 is 10.9. The molecular weight excluding hydrogens is 416 g/mol. The Bertz CT molecular complexity index is 842. The van der Waals surface area contributed by atoms with E-state index in [9.17, 15) is 9.59 Å². The molecule has 0 bridgehead atoms. The molecule has 0 unspecified atom stereocenters. The molecular formula is C24H31ClN2O4. The number of rotatable bonds is 12. The van der Waals surface area contributed by atoms with E-state index in [0.717, 1.165) is 24.2 Å². The molecule has 0 aliphatic heterocycles. The Labute approximate surface area is 189 Å². The van der Waals surface area contributed by atoms with Gasteiger partial charge in [-0.1, -0.05) is 56.1 Å². The van der Waals surface area contributed by atoms with Crippen molar-refractivity contribution >= 4 is 23.4 Å². The first kappa shape index (κ1) is 24.5. The summed E-state index contributed by atoms with van der Waals surface area (Å²) in [5, 5.41) is 3.37. The van der Waals surface area contributed by atoms with Crippen LogP contribution in [-0.2, 0) is 16.1 Å². The molecule has 168 valence electrons. The lowest BCUT2D eigenvalue weighted by Crippen LogP contribution is -2.50. The van der Waals surface area contributed by atoms with Crippen molar-refractivity contribution in [3.8, 4) is 11.5 Å². The number of carbonyl (C=O) groups excluding carboxylic acids is 2. The smallest absolute Gasteiger partial charge is 0.261 e. The molecule has 0 saturated heterocycles. The number of unbranched alkanes of at least 4 members (excludes halogenated alkanes) is 1. The Morgan fingerprint density at radius 2 is 1.81 bits per heavy atom. The maximum Gasteiger partial charge on any atom is 0.261 e. The number of ether oxygens (including phenoxy) is 2. The van der Waals surface area contributed by atoms with Gasteiger partial charge in [0.05, 0.1) is 12.1 Å². The van der Waals surface area contributed by atoms with Crippen LogP contribution < -0.4 is 14.8 Å². The number of hydrogen-bond donors (Lipinski definition) is 1. The number of nitrogens with zero attached hydrogens (tertiary/aromatic N) is 1. The van der Waals surface area contributed by atoms with Gasteiger partial charge in [0.1, 0.15) is 17.5 Å². The van der Waals surface area contributed by atoms with E-state index in [1.807, 2.05) is 31.2 Å². The first-order valence-electron chi connectivity index (χ1n) is 10.6. The van der Waals surface area contributed by atoms with Crippen LogP contribution in [-0.4, -0.2) is 43.0 Å². The van der Waals surface area contributed by atoms with Gasteiger partial charge in [-0.05, 0) is 42.7 Å². The topological polar surface area (TPSA) is 67.9 Å². The van der Waals surface area contributed by atoms with Crippen molar-refractivity contribution in [2.45, 2.75) is 45.7 Å². The minimum atomic E-state index is -0.596. The van der Waals surface area contributed by atoms with E-state index < -0.39 is 6.04 Å². The van der Waals surface area contributed by atoms with E-state index in [-0.39, 0.29) is 25.0 Å². The van der Waals surface area contributed by atoms with Gasteiger partial charge >= 0.3 is 0 Å². The zero-order valence-electron chi connectivity index (χ0n) is 18.4. The van der Waals surface area contributed by atoms with E-state index in [1.165, 1.54) is 0 Å². The number of carbonyl (C=O) groups is 2. The average molecular weight is 447 g/mol. The fourth-order valence-corrected chi connectivity index (χ4v) is 3.33. The van der Waals surface area contributed by atoms with Crippen LogP contribution in [0.4, 0.5) is 0 Å². The van der Waals surface area contributed by atoms with Crippen LogP contribution in [0.3, 0.4) is 0 Å². The van der Waals surface area contributed by atoms with Gasteiger partial charge < -0.3 is 19.7 Å².